The number of rotatable bonds is 5. The third-order valence-electron chi connectivity index (χ3n) is 3.52. The molecule has 0 saturated carbocycles. The minimum atomic E-state index is -0.588. The van der Waals surface area contributed by atoms with Gasteiger partial charge in [-0.05, 0) is 34.7 Å². The number of hydrogen-bond acceptors (Lipinski definition) is 6. The second-order valence-electron chi connectivity index (χ2n) is 5.06. The number of halogens is 2. The van der Waals surface area contributed by atoms with Crippen LogP contribution in [-0.4, -0.2) is 40.3 Å². The number of tetrazole rings is 1. The van der Waals surface area contributed by atoms with Gasteiger partial charge in [0, 0.05) is 6.07 Å². The summed E-state index contributed by atoms with van der Waals surface area (Å²) in [7, 11) is 2.90. The van der Waals surface area contributed by atoms with Crippen molar-refractivity contribution in [1.29, 1.82) is 0 Å². The van der Waals surface area contributed by atoms with Crippen LogP contribution in [0.3, 0.4) is 0 Å². The van der Waals surface area contributed by atoms with Crippen LogP contribution in [0, 0.1) is 5.82 Å². The molecular formula is C16H13ClFN5O3. The number of carbonyl (C=O) groups excluding carboxylic acids is 1. The average Bonchev–Trinajstić information content (AvgIpc) is 3.16. The molecule has 0 bridgehead atoms. The highest BCUT2D eigenvalue weighted by Crippen LogP contribution is 2.36. The number of hydrogen-bond donors (Lipinski definition) is 1. The van der Waals surface area contributed by atoms with E-state index in [1.165, 1.54) is 49.5 Å². The molecule has 0 saturated heterocycles. The topological polar surface area (TPSA) is 91.2 Å². The van der Waals surface area contributed by atoms with Gasteiger partial charge in [-0.2, -0.15) is 4.68 Å². The molecule has 3 rings (SSSR count). The SMILES string of the molecule is COc1cc(OC)c(NC(=O)c2cc(F)ccc2-n2cnnn2)cc1Cl. The monoisotopic (exact) mass is 377 g/mol. The second kappa shape index (κ2) is 7.36. The Labute approximate surface area is 152 Å². The number of anilines is 1. The van der Waals surface area contributed by atoms with Crippen LogP contribution < -0.4 is 14.8 Å². The highest BCUT2D eigenvalue weighted by molar-refractivity contribution is 6.32. The van der Waals surface area contributed by atoms with Crippen LogP contribution in [0.25, 0.3) is 5.69 Å². The van der Waals surface area contributed by atoms with Crippen LogP contribution in [-0.2, 0) is 0 Å². The van der Waals surface area contributed by atoms with Gasteiger partial charge in [-0.25, -0.2) is 4.39 Å². The summed E-state index contributed by atoms with van der Waals surface area (Å²) in [5.41, 5.74) is 0.647. The van der Waals surface area contributed by atoms with E-state index in [9.17, 15) is 9.18 Å². The van der Waals surface area contributed by atoms with E-state index in [0.29, 0.717) is 22.9 Å². The number of ether oxygens (including phenoxy) is 2. The fourth-order valence-corrected chi connectivity index (χ4v) is 2.55. The molecule has 8 nitrogen and oxygen atoms in total. The molecule has 0 unspecified atom stereocenters. The molecule has 1 heterocycles. The van der Waals surface area contributed by atoms with Crippen molar-refractivity contribution in [2.45, 2.75) is 0 Å². The normalized spacial score (nSPS) is 10.5. The number of amides is 1. The Morgan fingerprint density at radius 1 is 1.19 bits per heavy atom. The maximum absolute atomic E-state index is 13.7. The smallest absolute Gasteiger partial charge is 0.258 e. The molecule has 0 spiro atoms. The summed E-state index contributed by atoms with van der Waals surface area (Å²) >= 11 is 6.10. The molecule has 1 aromatic heterocycles. The van der Waals surface area contributed by atoms with Gasteiger partial charge in [0.25, 0.3) is 5.91 Å². The lowest BCUT2D eigenvalue weighted by molar-refractivity contribution is 0.102. The van der Waals surface area contributed by atoms with Crippen LogP contribution in [0.5, 0.6) is 11.5 Å². The van der Waals surface area contributed by atoms with Crippen molar-refractivity contribution in [2.24, 2.45) is 0 Å². The van der Waals surface area contributed by atoms with Crippen molar-refractivity contribution in [2.75, 3.05) is 19.5 Å². The van der Waals surface area contributed by atoms with Crippen molar-refractivity contribution in [3.8, 4) is 17.2 Å². The van der Waals surface area contributed by atoms with Gasteiger partial charge < -0.3 is 14.8 Å². The minimum absolute atomic E-state index is 0.0336. The van der Waals surface area contributed by atoms with E-state index in [-0.39, 0.29) is 10.6 Å². The largest absolute Gasteiger partial charge is 0.495 e. The number of carbonyl (C=O) groups is 1. The second-order valence-corrected chi connectivity index (χ2v) is 5.46. The zero-order chi connectivity index (χ0) is 18.7. The van der Waals surface area contributed by atoms with Gasteiger partial charge in [0.05, 0.1) is 36.2 Å². The molecule has 10 heteroatoms. The summed E-state index contributed by atoms with van der Waals surface area (Å²) < 4.78 is 25.3. The van der Waals surface area contributed by atoms with Crippen LogP contribution in [0.1, 0.15) is 10.4 Å². The number of nitrogens with zero attached hydrogens (tertiary/aromatic N) is 4. The lowest BCUT2D eigenvalue weighted by Crippen LogP contribution is -2.16. The Morgan fingerprint density at radius 3 is 2.62 bits per heavy atom. The molecule has 3 aromatic rings. The van der Waals surface area contributed by atoms with Gasteiger partial charge in [0.2, 0.25) is 0 Å². The Kier molecular flexibility index (Phi) is 4.99. The predicted molar refractivity (Wildman–Crippen MR) is 91.6 cm³/mol. The van der Waals surface area contributed by atoms with Gasteiger partial charge in [-0.15, -0.1) is 5.10 Å². The van der Waals surface area contributed by atoms with Crippen molar-refractivity contribution in [3.63, 3.8) is 0 Å². The molecule has 0 atom stereocenters. The van der Waals surface area contributed by atoms with Crippen LogP contribution >= 0.6 is 11.6 Å². The van der Waals surface area contributed by atoms with E-state index in [0.717, 1.165) is 6.07 Å². The van der Waals surface area contributed by atoms with Crippen LogP contribution in [0.15, 0.2) is 36.7 Å². The minimum Gasteiger partial charge on any atom is -0.495 e. The van der Waals surface area contributed by atoms with Crippen molar-refractivity contribution < 1.29 is 18.7 Å². The molecule has 26 heavy (non-hydrogen) atoms. The van der Waals surface area contributed by atoms with Gasteiger partial charge in [-0.3, -0.25) is 4.79 Å². The van der Waals surface area contributed by atoms with E-state index < -0.39 is 11.7 Å². The van der Waals surface area contributed by atoms with E-state index in [4.69, 9.17) is 21.1 Å². The Bertz CT molecular complexity index is 949. The summed E-state index contributed by atoms with van der Waals surface area (Å²) in [4.78, 5) is 12.7. The lowest BCUT2D eigenvalue weighted by atomic mass is 10.1. The van der Waals surface area contributed by atoms with Crippen molar-refractivity contribution in [1.82, 2.24) is 20.2 Å². The molecular weight excluding hydrogens is 365 g/mol. The molecule has 0 aliphatic heterocycles. The Hall–Kier alpha value is -3.20. The highest BCUT2D eigenvalue weighted by atomic mass is 35.5. The molecule has 0 radical (unpaired) electrons. The van der Waals surface area contributed by atoms with Gasteiger partial charge in [-0.1, -0.05) is 11.6 Å². The highest BCUT2D eigenvalue weighted by Gasteiger charge is 2.18. The third kappa shape index (κ3) is 3.42. The van der Waals surface area contributed by atoms with Gasteiger partial charge in [0.15, 0.2) is 0 Å². The number of benzene rings is 2. The summed E-state index contributed by atoms with van der Waals surface area (Å²) in [6.07, 6.45) is 1.30. The molecule has 0 fully saturated rings. The van der Waals surface area contributed by atoms with Crippen molar-refractivity contribution >= 4 is 23.2 Å². The lowest BCUT2D eigenvalue weighted by Gasteiger charge is -2.14. The molecule has 2 aromatic carbocycles. The first-order valence-electron chi connectivity index (χ1n) is 7.29. The summed E-state index contributed by atoms with van der Waals surface area (Å²) in [5.74, 6) is -0.442. The standard InChI is InChI=1S/C16H13ClFN5O3/c1-25-14-7-15(26-2)12(6-11(14)17)20-16(24)10-5-9(18)3-4-13(10)23-8-19-21-22-23/h3-8H,1-2H3,(H,20,24). The summed E-state index contributed by atoms with van der Waals surface area (Å²) in [6, 6.07) is 6.71. The molecule has 134 valence electrons. The average molecular weight is 378 g/mol. The molecule has 1 amide bonds. The Morgan fingerprint density at radius 2 is 1.96 bits per heavy atom. The molecule has 0 aliphatic rings. The fraction of sp³-hybridized carbons (Fsp3) is 0.125. The maximum Gasteiger partial charge on any atom is 0.258 e. The van der Waals surface area contributed by atoms with Crippen molar-refractivity contribution in [3.05, 3.63) is 53.1 Å². The number of methoxy groups -OCH3 is 2. The molecule has 0 aliphatic carbocycles. The third-order valence-corrected chi connectivity index (χ3v) is 3.82. The number of aromatic nitrogens is 4. The Balaban J connectivity index is 1.99. The quantitative estimate of drug-likeness (QED) is 0.735. The van der Waals surface area contributed by atoms with Gasteiger partial charge in [0.1, 0.15) is 23.6 Å². The van der Waals surface area contributed by atoms with Crippen LogP contribution in [0.4, 0.5) is 10.1 Å². The first-order chi connectivity index (χ1) is 12.5. The van der Waals surface area contributed by atoms with E-state index >= 15 is 0 Å². The van der Waals surface area contributed by atoms with E-state index in [1.54, 1.807) is 0 Å². The van der Waals surface area contributed by atoms with E-state index in [2.05, 4.69) is 20.8 Å². The van der Waals surface area contributed by atoms with Crippen LogP contribution in [0.2, 0.25) is 5.02 Å². The first-order valence-corrected chi connectivity index (χ1v) is 7.67. The molecule has 1 N–H and O–H groups in total. The summed E-state index contributed by atoms with van der Waals surface area (Å²) in [5, 5.41) is 13.7. The number of nitrogens with one attached hydrogen (secondary N) is 1. The zero-order valence-corrected chi connectivity index (χ0v) is 14.5. The summed E-state index contributed by atoms with van der Waals surface area (Å²) in [6.45, 7) is 0. The fourth-order valence-electron chi connectivity index (χ4n) is 2.31. The predicted octanol–water partition coefficient (Wildman–Crippen LogP) is 2.72. The first kappa shape index (κ1) is 17.6. The van der Waals surface area contributed by atoms with E-state index in [1.807, 2.05) is 0 Å². The zero-order valence-electron chi connectivity index (χ0n) is 13.7. The van der Waals surface area contributed by atoms with Gasteiger partial charge >= 0.3 is 0 Å². The maximum atomic E-state index is 13.7.